The van der Waals surface area contributed by atoms with Crippen molar-refractivity contribution in [3.05, 3.63) is 65.9 Å². The Kier molecular flexibility index (Phi) is 3.48. The number of aryl methyl sites for hydroxylation is 2. The lowest BCUT2D eigenvalue weighted by Gasteiger charge is -2.11. The number of nitrogens with one attached hydrogen (secondary N) is 1. The zero-order valence-corrected chi connectivity index (χ0v) is 12.3. The number of hydrogen-bond donors (Lipinski definition) is 1. The number of hydrogen-bond acceptors (Lipinski definition) is 1. The summed E-state index contributed by atoms with van der Waals surface area (Å²) in [6.07, 6.45) is 2.87. The fourth-order valence-electron chi connectivity index (χ4n) is 2.68. The Balaban J connectivity index is 2.00. The van der Waals surface area contributed by atoms with E-state index in [1.54, 1.807) is 0 Å². The largest absolute Gasteiger partial charge is 0.350 e. The molecule has 1 aromatic heterocycles. The Morgan fingerprint density at radius 3 is 2.71 bits per heavy atom. The van der Waals surface area contributed by atoms with Crippen LogP contribution in [0.4, 0.5) is 5.69 Å². The second-order valence-corrected chi connectivity index (χ2v) is 5.13. The minimum atomic E-state index is -0.0664. The summed E-state index contributed by atoms with van der Waals surface area (Å²) in [5.74, 6) is -0.0664. The predicted molar refractivity (Wildman–Crippen MR) is 86.7 cm³/mol. The van der Waals surface area contributed by atoms with Crippen LogP contribution in [0.15, 0.2) is 54.7 Å². The van der Waals surface area contributed by atoms with Crippen LogP contribution in [0.25, 0.3) is 10.9 Å². The summed E-state index contributed by atoms with van der Waals surface area (Å²) in [6.45, 7) is 2.09. The van der Waals surface area contributed by atoms with E-state index in [1.165, 1.54) is 0 Å². The number of rotatable bonds is 3. The zero-order valence-electron chi connectivity index (χ0n) is 12.3. The molecule has 3 heteroatoms. The van der Waals surface area contributed by atoms with Gasteiger partial charge in [-0.25, -0.2) is 0 Å². The maximum atomic E-state index is 12.6. The molecular formula is C18H18N2O. The molecule has 3 rings (SSSR count). The van der Waals surface area contributed by atoms with E-state index in [1.807, 2.05) is 66.3 Å². The van der Waals surface area contributed by atoms with Crippen LogP contribution in [0.5, 0.6) is 0 Å². The Morgan fingerprint density at radius 2 is 1.90 bits per heavy atom. The standard InChI is InChI=1S/C18H18N2O/c1-3-13-7-4-5-10-16(13)19-18(21)15-9-6-8-14-11-12-20(2)17(14)15/h4-12H,3H2,1-2H3,(H,19,21). The summed E-state index contributed by atoms with van der Waals surface area (Å²) in [5, 5.41) is 4.11. The van der Waals surface area contributed by atoms with E-state index in [0.29, 0.717) is 5.56 Å². The first kappa shape index (κ1) is 13.4. The number of para-hydroxylation sites is 2. The van der Waals surface area contributed by atoms with Gasteiger partial charge in [-0.3, -0.25) is 4.79 Å². The highest BCUT2D eigenvalue weighted by atomic mass is 16.1. The maximum absolute atomic E-state index is 12.6. The van der Waals surface area contributed by atoms with Crippen molar-refractivity contribution in [3.8, 4) is 0 Å². The van der Waals surface area contributed by atoms with E-state index in [4.69, 9.17) is 0 Å². The van der Waals surface area contributed by atoms with Gasteiger partial charge in [-0.05, 0) is 30.2 Å². The van der Waals surface area contributed by atoms with Gasteiger partial charge in [0, 0.05) is 24.3 Å². The van der Waals surface area contributed by atoms with Gasteiger partial charge in [-0.1, -0.05) is 37.3 Å². The van der Waals surface area contributed by atoms with Crippen LogP contribution in [0.2, 0.25) is 0 Å². The van der Waals surface area contributed by atoms with Crippen molar-refractivity contribution >= 4 is 22.5 Å². The van der Waals surface area contributed by atoms with Gasteiger partial charge in [-0.2, -0.15) is 0 Å². The molecule has 0 unspecified atom stereocenters. The molecule has 0 aliphatic rings. The third-order valence-electron chi connectivity index (χ3n) is 3.79. The zero-order chi connectivity index (χ0) is 14.8. The van der Waals surface area contributed by atoms with E-state index in [9.17, 15) is 4.79 Å². The first-order valence-electron chi connectivity index (χ1n) is 7.14. The molecule has 0 spiro atoms. The quantitative estimate of drug-likeness (QED) is 0.772. The molecule has 0 bridgehead atoms. The summed E-state index contributed by atoms with van der Waals surface area (Å²) in [7, 11) is 1.96. The van der Waals surface area contributed by atoms with Gasteiger partial charge in [0.15, 0.2) is 0 Å². The number of anilines is 1. The minimum absolute atomic E-state index is 0.0664. The van der Waals surface area contributed by atoms with Crippen LogP contribution in [0.3, 0.4) is 0 Å². The van der Waals surface area contributed by atoms with Gasteiger partial charge in [0.2, 0.25) is 0 Å². The van der Waals surface area contributed by atoms with Gasteiger partial charge >= 0.3 is 0 Å². The summed E-state index contributed by atoms with van der Waals surface area (Å²) >= 11 is 0. The average molecular weight is 278 g/mol. The average Bonchev–Trinajstić information content (AvgIpc) is 2.89. The molecule has 3 nitrogen and oxygen atoms in total. The Morgan fingerprint density at radius 1 is 1.10 bits per heavy atom. The highest BCUT2D eigenvalue weighted by molar-refractivity contribution is 6.12. The Labute approximate surface area is 124 Å². The fourth-order valence-corrected chi connectivity index (χ4v) is 2.68. The second-order valence-electron chi connectivity index (χ2n) is 5.13. The van der Waals surface area contributed by atoms with Gasteiger partial charge in [-0.15, -0.1) is 0 Å². The van der Waals surface area contributed by atoms with Crippen molar-refractivity contribution < 1.29 is 4.79 Å². The number of carbonyl (C=O) groups excluding carboxylic acids is 1. The molecule has 1 N–H and O–H groups in total. The number of nitrogens with zero attached hydrogens (tertiary/aromatic N) is 1. The summed E-state index contributed by atoms with van der Waals surface area (Å²) in [4.78, 5) is 12.6. The number of carbonyl (C=O) groups is 1. The third-order valence-corrected chi connectivity index (χ3v) is 3.79. The summed E-state index contributed by atoms with van der Waals surface area (Å²) in [5.41, 5.74) is 3.69. The lowest BCUT2D eigenvalue weighted by Crippen LogP contribution is -2.14. The van der Waals surface area contributed by atoms with Crippen molar-refractivity contribution in [1.29, 1.82) is 0 Å². The minimum Gasteiger partial charge on any atom is -0.350 e. The molecule has 0 radical (unpaired) electrons. The van der Waals surface area contributed by atoms with Gasteiger partial charge in [0.05, 0.1) is 11.1 Å². The molecule has 106 valence electrons. The molecule has 0 saturated heterocycles. The molecule has 21 heavy (non-hydrogen) atoms. The predicted octanol–water partition coefficient (Wildman–Crippen LogP) is 3.99. The number of amides is 1. The molecule has 1 heterocycles. The molecule has 0 fully saturated rings. The highest BCUT2D eigenvalue weighted by Crippen LogP contribution is 2.22. The van der Waals surface area contributed by atoms with Crippen LogP contribution in [0, 0.1) is 0 Å². The van der Waals surface area contributed by atoms with E-state index in [0.717, 1.165) is 28.6 Å². The first-order valence-corrected chi connectivity index (χ1v) is 7.14. The second kappa shape index (κ2) is 5.44. The van der Waals surface area contributed by atoms with Crippen LogP contribution < -0.4 is 5.32 Å². The SMILES string of the molecule is CCc1ccccc1NC(=O)c1cccc2ccn(C)c12. The first-order chi connectivity index (χ1) is 10.2. The molecule has 0 atom stereocenters. The van der Waals surface area contributed by atoms with Crippen LogP contribution in [0.1, 0.15) is 22.8 Å². The topological polar surface area (TPSA) is 34.0 Å². The highest BCUT2D eigenvalue weighted by Gasteiger charge is 2.13. The van der Waals surface area contributed by atoms with E-state index >= 15 is 0 Å². The normalized spacial score (nSPS) is 10.8. The van der Waals surface area contributed by atoms with E-state index in [2.05, 4.69) is 12.2 Å². The number of aromatic nitrogens is 1. The summed E-state index contributed by atoms with van der Waals surface area (Å²) in [6, 6.07) is 15.7. The Hall–Kier alpha value is -2.55. The molecule has 0 aliphatic heterocycles. The number of fused-ring (bicyclic) bond motifs is 1. The van der Waals surface area contributed by atoms with Crippen LogP contribution in [-0.2, 0) is 13.5 Å². The molecule has 1 amide bonds. The Bertz CT molecular complexity index is 802. The third kappa shape index (κ3) is 2.42. The van der Waals surface area contributed by atoms with Crippen LogP contribution >= 0.6 is 0 Å². The maximum Gasteiger partial charge on any atom is 0.257 e. The van der Waals surface area contributed by atoms with Crippen molar-refractivity contribution in [2.75, 3.05) is 5.32 Å². The smallest absolute Gasteiger partial charge is 0.257 e. The van der Waals surface area contributed by atoms with Gasteiger partial charge < -0.3 is 9.88 Å². The van der Waals surface area contributed by atoms with Gasteiger partial charge in [0.25, 0.3) is 5.91 Å². The molecule has 2 aromatic carbocycles. The van der Waals surface area contributed by atoms with Crippen molar-refractivity contribution in [2.45, 2.75) is 13.3 Å². The van der Waals surface area contributed by atoms with Crippen molar-refractivity contribution in [2.24, 2.45) is 7.05 Å². The molecule has 3 aromatic rings. The monoisotopic (exact) mass is 278 g/mol. The van der Waals surface area contributed by atoms with E-state index < -0.39 is 0 Å². The van der Waals surface area contributed by atoms with Gasteiger partial charge in [0.1, 0.15) is 0 Å². The molecule has 0 saturated carbocycles. The van der Waals surface area contributed by atoms with Crippen molar-refractivity contribution in [1.82, 2.24) is 4.57 Å². The summed E-state index contributed by atoms with van der Waals surface area (Å²) < 4.78 is 1.98. The molecular weight excluding hydrogens is 260 g/mol. The van der Waals surface area contributed by atoms with Crippen LogP contribution in [-0.4, -0.2) is 10.5 Å². The molecule has 0 aliphatic carbocycles. The lowest BCUT2D eigenvalue weighted by molar-refractivity contribution is 0.102. The fraction of sp³-hybridized carbons (Fsp3) is 0.167. The van der Waals surface area contributed by atoms with Crippen molar-refractivity contribution in [3.63, 3.8) is 0 Å². The lowest BCUT2D eigenvalue weighted by atomic mass is 10.1. The number of benzene rings is 2. The van der Waals surface area contributed by atoms with E-state index in [-0.39, 0.29) is 5.91 Å².